The number of nitrogens with two attached hydrogens (primary N) is 2. The van der Waals surface area contributed by atoms with Gasteiger partial charge in [-0.3, -0.25) is 9.59 Å². The number of rotatable bonds is 7. The third-order valence-electron chi connectivity index (χ3n) is 2.04. The summed E-state index contributed by atoms with van der Waals surface area (Å²) in [5, 5.41) is 8.51. The van der Waals surface area contributed by atoms with Crippen molar-refractivity contribution in [3.63, 3.8) is 0 Å². The molecule has 15 heavy (non-hydrogen) atoms. The molecule has 2 unspecified atom stereocenters. The number of carbonyl (C=O) groups excluding carboxylic acids is 1. The fraction of sp³-hybridized carbons (Fsp3) is 0.600. The molecule has 0 heterocycles. The predicted molar refractivity (Wildman–Crippen MR) is 57.3 cm³/mol. The molecule has 86 valence electrons. The summed E-state index contributed by atoms with van der Waals surface area (Å²) in [6.07, 6.45) is 4.39. The SMILES string of the molecule is C/C=C/C(=O)C(N)CCCC(N)C(=O)O. The van der Waals surface area contributed by atoms with E-state index < -0.39 is 18.1 Å². The smallest absolute Gasteiger partial charge is 0.320 e. The minimum atomic E-state index is -1.02. The van der Waals surface area contributed by atoms with Crippen LogP contribution < -0.4 is 11.5 Å². The molecule has 5 N–H and O–H groups in total. The summed E-state index contributed by atoms with van der Waals surface area (Å²) in [6.45, 7) is 1.74. The lowest BCUT2D eigenvalue weighted by Gasteiger charge is -2.09. The number of hydrogen-bond donors (Lipinski definition) is 3. The first kappa shape index (κ1) is 13.8. The monoisotopic (exact) mass is 214 g/mol. The van der Waals surface area contributed by atoms with Gasteiger partial charge in [0, 0.05) is 0 Å². The lowest BCUT2D eigenvalue weighted by Crippen LogP contribution is -2.32. The highest BCUT2D eigenvalue weighted by Gasteiger charge is 2.14. The molecule has 0 aliphatic rings. The predicted octanol–water partition coefficient (Wildman–Crippen LogP) is 0.0411. The molecule has 0 aliphatic heterocycles. The van der Waals surface area contributed by atoms with E-state index in [-0.39, 0.29) is 5.78 Å². The number of carboxylic acid groups (broad SMARTS) is 1. The molecule has 0 saturated heterocycles. The van der Waals surface area contributed by atoms with Gasteiger partial charge in [-0.15, -0.1) is 0 Å². The van der Waals surface area contributed by atoms with Crippen LogP contribution in [0.3, 0.4) is 0 Å². The summed E-state index contributed by atoms with van der Waals surface area (Å²) in [5.74, 6) is -1.16. The first-order chi connectivity index (χ1) is 6.99. The topological polar surface area (TPSA) is 106 Å². The Balaban J connectivity index is 3.77. The van der Waals surface area contributed by atoms with Crippen LogP contribution in [0.5, 0.6) is 0 Å². The van der Waals surface area contributed by atoms with E-state index in [0.29, 0.717) is 19.3 Å². The van der Waals surface area contributed by atoms with Crippen LogP contribution in [0.4, 0.5) is 0 Å². The Hall–Kier alpha value is -1.20. The van der Waals surface area contributed by atoms with Gasteiger partial charge >= 0.3 is 5.97 Å². The zero-order valence-corrected chi connectivity index (χ0v) is 8.85. The molecule has 5 nitrogen and oxygen atoms in total. The van der Waals surface area contributed by atoms with Gasteiger partial charge in [-0.2, -0.15) is 0 Å². The number of carbonyl (C=O) groups is 2. The second-order valence-electron chi connectivity index (χ2n) is 3.38. The van der Waals surface area contributed by atoms with Crippen molar-refractivity contribution in [1.29, 1.82) is 0 Å². The Morgan fingerprint density at radius 1 is 1.27 bits per heavy atom. The molecule has 0 rings (SSSR count). The molecule has 0 aromatic carbocycles. The normalized spacial score (nSPS) is 15.1. The summed E-state index contributed by atoms with van der Waals surface area (Å²) >= 11 is 0. The van der Waals surface area contributed by atoms with Crippen molar-refractivity contribution in [3.05, 3.63) is 12.2 Å². The highest BCUT2D eigenvalue weighted by atomic mass is 16.4. The van der Waals surface area contributed by atoms with E-state index in [9.17, 15) is 9.59 Å². The molecule has 0 amide bonds. The van der Waals surface area contributed by atoms with Crippen LogP contribution in [0.1, 0.15) is 26.2 Å². The minimum absolute atomic E-state index is 0.138. The largest absolute Gasteiger partial charge is 0.480 e. The number of hydrogen-bond acceptors (Lipinski definition) is 4. The quantitative estimate of drug-likeness (QED) is 0.519. The fourth-order valence-electron chi connectivity index (χ4n) is 1.11. The summed E-state index contributed by atoms with van der Waals surface area (Å²) < 4.78 is 0. The van der Waals surface area contributed by atoms with Crippen molar-refractivity contribution in [2.24, 2.45) is 11.5 Å². The number of allylic oxidation sites excluding steroid dienone is 1. The Labute approximate surface area is 89.1 Å². The average Bonchev–Trinajstić information content (AvgIpc) is 2.17. The van der Waals surface area contributed by atoms with Gasteiger partial charge in [0.2, 0.25) is 0 Å². The van der Waals surface area contributed by atoms with Crippen molar-refractivity contribution >= 4 is 11.8 Å². The van der Waals surface area contributed by atoms with E-state index in [0.717, 1.165) is 0 Å². The molecule has 2 atom stereocenters. The van der Waals surface area contributed by atoms with E-state index in [4.69, 9.17) is 16.6 Å². The molecule has 0 aromatic rings. The van der Waals surface area contributed by atoms with E-state index in [2.05, 4.69) is 0 Å². The third-order valence-corrected chi connectivity index (χ3v) is 2.04. The molecular formula is C10H18N2O3. The van der Waals surface area contributed by atoms with Gasteiger partial charge in [0.25, 0.3) is 0 Å². The van der Waals surface area contributed by atoms with E-state index in [1.807, 2.05) is 0 Å². The van der Waals surface area contributed by atoms with Crippen molar-refractivity contribution in [3.8, 4) is 0 Å². The van der Waals surface area contributed by atoms with Gasteiger partial charge < -0.3 is 16.6 Å². The summed E-state index contributed by atoms with van der Waals surface area (Å²) in [4.78, 5) is 21.6. The first-order valence-corrected chi connectivity index (χ1v) is 4.89. The highest BCUT2D eigenvalue weighted by molar-refractivity contribution is 5.93. The number of ketones is 1. The van der Waals surface area contributed by atoms with Gasteiger partial charge in [0.1, 0.15) is 6.04 Å². The molecule has 0 saturated carbocycles. The molecule has 0 spiro atoms. The summed E-state index contributed by atoms with van der Waals surface area (Å²) in [7, 11) is 0. The van der Waals surface area contributed by atoms with Crippen LogP contribution in [0.15, 0.2) is 12.2 Å². The number of aliphatic carboxylic acids is 1. The molecular weight excluding hydrogens is 196 g/mol. The first-order valence-electron chi connectivity index (χ1n) is 4.89. The Bertz CT molecular complexity index is 251. The van der Waals surface area contributed by atoms with E-state index in [1.54, 1.807) is 13.0 Å². The fourth-order valence-corrected chi connectivity index (χ4v) is 1.11. The van der Waals surface area contributed by atoms with Crippen molar-refractivity contribution in [2.75, 3.05) is 0 Å². The Morgan fingerprint density at radius 2 is 1.80 bits per heavy atom. The highest BCUT2D eigenvalue weighted by Crippen LogP contribution is 2.03. The summed E-state index contributed by atoms with van der Waals surface area (Å²) in [6, 6.07) is -1.42. The van der Waals surface area contributed by atoms with Crippen molar-refractivity contribution in [2.45, 2.75) is 38.3 Å². The lowest BCUT2D eigenvalue weighted by atomic mass is 10.0. The molecule has 0 aromatic heterocycles. The Morgan fingerprint density at radius 3 is 2.27 bits per heavy atom. The van der Waals surface area contributed by atoms with Gasteiger partial charge in [-0.1, -0.05) is 6.08 Å². The van der Waals surface area contributed by atoms with Crippen LogP contribution in [-0.4, -0.2) is 28.9 Å². The van der Waals surface area contributed by atoms with Gasteiger partial charge in [-0.05, 0) is 32.3 Å². The standard InChI is InChI=1S/C10H18N2O3/c1-2-4-9(13)7(11)5-3-6-8(12)10(14)15/h2,4,7-8H,3,5-6,11-12H2,1H3,(H,14,15)/b4-2+. The van der Waals surface area contributed by atoms with Crippen LogP contribution in [-0.2, 0) is 9.59 Å². The van der Waals surface area contributed by atoms with E-state index >= 15 is 0 Å². The zero-order chi connectivity index (χ0) is 11.8. The Kier molecular flexibility index (Phi) is 6.57. The minimum Gasteiger partial charge on any atom is -0.480 e. The average molecular weight is 214 g/mol. The summed E-state index contributed by atoms with van der Waals surface area (Å²) in [5.41, 5.74) is 10.9. The van der Waals surface area contributed by atoms with Crippen LogP contribution >= 0.6 is 0 Å². The third kappa shape index (κ3) is 5.98. The second kappa shape index (κ2) is 7.14. The van der Waals surface area contributed by atoms with Gasteiger partial charge in [-0.25, -0.2) is 0 Å². The maximum atomic E-state index is 11.2. The van der Waals surface area contributed by atoms with Crippen molar-refractivity contribution in [1.82, 2.24) is 0 Å². The van der Waals surface area contributed by atoms with Crippen molar-refractivity contribution < 1.29 is 14.7 Å². The number of carboxylic acids is 1. The van der Waals surface area contributed by atoms with Gasteiger partial charge in [0.15, 0.2) is 5.78 Å². The van der Waals surface area contributed by atoms with E-state index in [1.165, 1.54) is 6.08 Å². The molecule has 0 radical (unpaired) electrons. The van der Waals surface area contributed by atoms with Crippen LogP contribution in [0.2, 0.25) is 0 Å². The van der Waals surface area contributed by atoms with Gasteiger partial charge in [0.05, 0.1) is 6.04 Å². The van der Waals surface area contributed by atoms with Crippen LogP contribution in [0, 0.1) is 0 Å². The molecule has 0 bridgehead atoms. The molecule has 0 fully saturated rings. The zero-order valence-electron chi connectivity index (χ0n) is 8.85. The maximum absolute atomic E-state index is 11.2. The molecule has 0 aliphatic carbocycles. The lowest BCUT2D eigenvalue weighted by molar-refractivity contribution is -0.138. The maximum Gasteiger partial charge on any atom is 0.320 e. The molecule has 5 heteroatoms. The second-order valence-corrected chi connectivity index (χ2v) is 3.38. The van der Waals surface area contributed by atoms with Crippen LogP contribution in [0.25, 0.3) is 0 Å².